The number of aliphatic hydroxyl groups is 1. The van der Waals surface area contributed by atoms with E-state index >= 15 is 0 Å². The summed E-state index contributed by atoms with van der Waals surface area (Å²) in [7, 11) is -2.27. The Balaban J connectivity index is 1.11. The quantitative estimate of drug-likeness (QED) is 0.156. The van der Waals surface area contributed by atoms with E-state index in [0.717, 1.165) is 68.0 Å². The van der Waals surface area contributed by atoms with Gasteiger partial charge in [-0.15, -0.1) is 0 Å². The number of methoxy groups -OCH3 is 1. The van der Waals surface area contributed by atoms with Gasteiger partial charge in [0.05, 0.1) is 36.3 Å². The Bertz CT molecular complexity index is 1860. The van der Waals surface area contributed by atoms with E-state index in [1.165, 1.54) is 30.6 Å². The normalized spacial score (nSPS) is 28.6. The van der Waals surface area contributed by atoms with E-state index in [0.29, 0.717) is 25.1 Å². The lowest BCUT2D eigenvalue weighted by Gasteiger charge is -2.45. The number of allylic oxidation sites excluding steroid dienone is 1. The number of aliphatic hydroxyl groups excluding tert-OH is 1. The molecule has 2 heterocycles. The predicted octanol–water partition coefficient (Wildman–Crippen LogP) is 6.61. The largest absolute Gasteiger partial charge is 0.490 e. The van der Waals surface area contributed by atoms with Gasteiger partial charge >= 0.3 is 5.97 Å². The number of anilines is 1. The van der Waals surface area contributed by atoms with Crippen LogP contribution in [0.4, 0.5) is 5.69 Å². The minimum atomic E-state index is -3.66. The number of halogens is 1. The van der Waals surface area contributed by atoms with Crippen LogP contribution in [0, 0.1) is 23.7 Å². The monoisotopic (exact) mass is 719 g/mol. The molecule has 2 saturated carbocycles. The van der Waals surface area contributed by atoms with Crippen molar-refractivity contribution in [1.82, 2.24) is 9.97 Å². The summed E-state index contributed by atoms with van der Waals surface area (Å²) in [6.07, 6.45) is 13.4. The fourth-order valence-electron chi connectivity index (χ4n) is 8.95. The summed E-state index contributed by atoms with van der Waals surface area (Å²) >= 11 is 6.43. The number of aromatic nitrogens is 2. The molecule has 1 aromatic heterocycles. The van der Waals surface area contributed by atoms with E-state index in [2.05, 4.69) is 33.1 Å². The van der Waals surface area contributed by atoms with Gasteiger partial charge in [0.25, 0.3) is 0 Å². The third-order valence-corrected chi connectivity index (χ3v) is 14.3. The Labute approximate surface area is 300 Å². The topological polar surface area (TPSA) is 119 Å². The fourth-order valence-corrected chi connectivity index (χ4v) is 11.1. The molecule has 9 nitrogen and oxygen atoms in total. The maximum absolute atomic E-state index is 13.4. The number of carbonyl (C=O) groups excluding carboxylic acids is 1. The molecule has 3 aromatic rings. The number of ether oxygens (including phenoxy) is 2. The minimum Gasteiger partial charge on any atom is -0.490 e. The van der Waals surface area contributed by atoms with Crippen LogP contribution in [0.25, 0.3) is 0 Å². The first kappa shape index (κ1) is 35.0. The summed E-state index contributed by atoms with van der Waals surface area (Å²) in [5.74, 6) is 0.539. The van der Waals surface area contributed by atoms with E-state index in [9.17, 15) is 18.3 Å². The van der Waals surface area contributed by atoms with Crippen molar-refractivity contribution in [3.63, 3.8) is 0 Å². The number of sulfone groups is 1. The van der Waals surface area contributed by atoms with E-state index in [1.807, 2.05) is 31.2 Å². The molecular formula is C39H46ClN3O6S. The number of hydrogen-bond donors (Lipinski definition) is 1. The number of hydrogen-bond acceptors (Lipinski definition) is 9. The number of carbonyl (C=O) groups is 1. The van der Waals surface area contributed by atoms with Gasteiger partial charge < -0.3 is 19.5 Å². The summed E-state index contributed by atoms with van der Waals surface area (Å²) in [5, 5.41) is 11.6. The molecule has 2 aromatic carbocycles. The van der Waals surface area contributed by atoms with Gasteiger partial charge in [0.2, 0.25) is 15.0 Å². The SMILES string of the molecule is COC(=O)c1ccc2c(c1)N(C[C@@H]1CC[C@H]1C(O)/C=C/[C@@H]1CCC[C@@H](S(=O)(=O)c3ncccn3)[C@H]1C)C[C@@]1(CCCc3cc(Cl)ccc31)CO2. The van der Waals surface area contributed by atoms with E-state index < -0.39 is 27.2 Å². The predicted molar refractivity (Wildman–Crippen MR) is 192 cm³/mol. The summed E-state index contributed by atoms with van der Waals surface area (Å²) in [6.45, 7) is 3.94. The van der Waals surface area contributed by atoms with Crippen molar-refractivity contribution in [3.05, 3.63) is 88.7 Å². The summed E-state index contributed by atoms with van der Waals surface area (Å²) in [6, 6.07) is 13.3. The summed E-state index contributed by atoms with van der Waals surface area (Å²) in [4.78, 5) is 23.1. The zero-order valence-corrected chi connectivity index (χ0v) is 30.3. The molecule has 11 heteroatoms. The van der Waals surface area contributed by atoms with Gasteiger partial charge in [-0.05, 0) is 116 Å². The van der Waals surface area contributed by atoms with Gasteiger partial charge in [0.15, 0.2) is 0 Å². The van der Waals surface area contributed by atoms with Crippen LogP contribution in [0.2, 0.25) is 5.02 Å². The highest BCUT2D eigenvalue weighted by molar-refractivity contribution is 7.91. The van der Waals surface area contributed by atoms with Gasteiger partial charge in [0.1, 0.15) is 5.75 Å². The molecule has 0 saturated heterocycles. The van der Waals surface area contributed by atoms with E-state index in [4.69, 9.17) is 21.1 Å². The van der Waals surface area contributed by atoms with Crippen LogP contribution in [-0.4, -0.2) is 67.6 Å². The third-order valence-electron chi connectivity index (χ3n) is 11.9. The Kier molecular flexibility index (Phi) is 9.98. The van der Waals surface area contributed by atoms with Gasteiger partial charge in [-0.25, -0.2) is 23.2 Å². The molecule has 3 aliphatic carbocycles. The second-order valence-corrected chi connectivity index (χ2v) is 17.2. The Morgan fingerprint density at radius 1 is 1.14 bits per heavy atom. The molecule has 266 valence electrons. The van der Waals surface area contributed by atoms with Crippen molar-refractivity contribution in [2.24, 2.45) is 23.7 Å². The second kappa shape index (κ2) is 14.3. The first-order chi connectivity index (χ1) is 24.1. The van der Waals surface area contributed by atoms with Crippen molar-refractivity contribution < 1.29 is 27.8 Å². The average Bonchev–Trinajstić information content (AvgIpc) is 3.26. The van der Waals surface area contributed by atoms with Gasteiger partial charge in [-0.2, -0.15) is 0 Å². The number of aryl methyl sites for hydroxylation is 1. The molecule has 0 amide bonds. The van der Waals surface area contributed by atoms with E-state index in [-0.39, 0.29) is 34.2 Å². The van der Waals surface area contributed by atoms with Crippen LogP contribution in [0.1, 0.15) is 73.4 Å². The molecule has 0 bridgehead atoms. The highest BCUT2D eigenvalue weighted by atomic mass is 35.5. The van der Waals surface area contributed by atoms with Gasteiger partial charge in [-0.1, -0.05) is 43.2 Å². The highest BCUT2D eigenvalue weighted by Gasteiger charge is 2.45. The molecule has 7 atom stereocenters. The maximum Gasteiger partial charge on any atom is 0.337 e. The zero-order chi connectivity index (χ0) is 35.0. The Morgan fingerprint density at radius 2 is 1.96 bits per heavy atom. The van der Waals surface area contributed by atoms with Gasteiger partial charge in [-0.3, -0.25) is 0 Å². The lowest BCUT2D eigenvalue weighted by molar-refractivity contribution is 0.0452. The first-order valence-corrected chi connectivity index (χ1v) is 19.8. The lowest BCUT2D eigenvalue weighted by atomic mass is 9.68. The average molecular weight is 720 g/mol. The minimum absolute atomic E-state index is 0.0338. The number of benzene rings is 2. The highest BCUT2D eigenvalue weighted by Crippen LogP contribution is 2.47. The maximum atomic E-state index is 13.4. The molecule has 1 aliphatic heterocycles. The van der Waals surface area contributed by atoms with Gasteiger partial charge in [0, 0.05) is 35.9 Å². The van der Waals surface area contributed by atoms with Crippen LogP contribution >= 0.6 is 11.6 Å². The molecule has 50 heavy (non-hydrogen) atoms. The van der Waals surface area contributed by atoms with E-state index in [1.54, 1.807) is 12.1 Å². The second-order valence-electron chi connectivity index (χ2n) is 14.7. The summed E-state index contributed by atoms with van der Waals surface area (Å²) in [5.41, 5.74) is 3.62. The first-order valence-electron chi connectivity index (χ1n) is 17.9. The molecule has 7 rings (SSSR count). The molecule has 1 N–H and O–H groups in total. The molecule has 2 fully saturated rings. The van der Waals surface area contributed by atoms with Crippen molar-refractivity contribution >= 4 is 33.1 Å². The molecule has 0 radical (unpaired) electrons. The number of nitrogens with zero attached hydrogens (tertiary/aromatic N) is 3. The lowest BCUT2D eigenvalue weighted by Crippen LogP contribution is -2.49. The number of esters is 1. The smallest absolute Gasteiger partial charge is 0.337 e. The molecule has 4 aliphatic rings. The van der Waals surface area contributed by atoms with Crippen LogP contribution in [-0.2, 0) is 26.4 Å². The molecule has 1 unspecified atom stereocenters. The van der Waals surface area contributed by atoms with Crippen LogP contribution in [0.3, 0.4) is 0 Å². The standard InChI is InChI=1S/C39H46ClN3O6S/c1-25-26(6-3-8-36(25)50(46,47)38-41-18-5-19-42-38)10-15-34(44)31-13-9-29(31)22-43-23-39(17-4-7-27-20-30(40)12-14-32(27)39)24-49-35-16-11-28(21-33(35)43)37(45)48-2/h5,10-12,14-16,18-21,25-26,29,31,34,36,44H,3-4,6-9,13,17,22-24H2,1-2H3/b15-10+/t25-,26-,29-,31+,34?,36+,39-/m0/s1. The third kappa shape index (κ3) is 6.66. The number of rotatable bonds is 8. The Morgan fingerprint density at radius 3 is 2.72 bits per heavy atom. The molecular weight excluding hydrogens is 674 g/mol. The molecule has 1 spiro atoms. The van der Waals surface area contributed by atoms with Crippen LogP contribution in [0.5, 0.6) is 5.75 Å². The van der Waals surface area contributed by atoms with Crippen LogP contribution < -0.4 is 9.64 Å². The van der Waals surface area contributed by atoms with Crippen molar-refractivity contribution in [3.8, 4) is 5.75 Å². The van der Waals surface area contributed by atoms with Crippen LogP contribution in [0.15, 0.2) is 72.2 Å². The number of fused-ring (bicyclic) bond motifs is 3. The Hall–Kier alpha value is -3.47. The summed E-state index contributed by atoms with van der Waals surface area (Å²) < 4.78 is 38.5. The fraction of sp³-hybridized carbons (Fsp3) is 0.513. The zero-order valence-electron chi connectivity index (χ0n) is 28.7. The van der Waals surface area contributed by atoms with Crippen molar-refractivity contribution in [2.75, 3.05) is 31.7 Å². The van der Waals surface area contributed by atoms with Crippen molar-refractivity contribution in [2.45, 2.75) is 80.2 Å². The van der Waals surface area contributed by atoms with Crippen molar-refractivity contribution in [1.29, 1.82) is 0 Å².